The van der Waals surface area contributed by atoms with Crippen LogP contribution in [-0.4, -0.2) is 37.2 Å². The zero-order chi connectivity index (χ0) is 14.5. The topological polar surface area (TPSA) is 54.5 Å². The van der Waals surface area contributed by atoms with Crippen molar-refractivity contribution in [2.45, 2.75) is 19.3 Å². The number of rotatable bonds is 3. The number of carbonyl (C=O) groups excluding carboxylic acids is 1. The van der Waals surface area contributed by atoms with Crippen molar-refractivity contribution in [3.8, 4) is 0 Å². The number of hydrogen-bond acceptors (Lipinski definition) is 4. The van der Waals surface area contributed by atoms with E-state index in [2.05, 4.69) is 27.4 Å². The number of allylic oxidation sites excluding steroid dienone is 2. The Morgan fingerprint density at radius 3 is 2.81 bits per heavy atom. The van der Waals surface area contributed by atoms with E-state index in [1.54, 1.807) is 6.20 Å². The maximum absolute atomic E-state index is 12.2. The highest BCUT2D eigenvalue weighted by Gasteiger charge is 2.19. The second-order valence-electron chi connectivity index (χ2n) is 5.48. The Labute approximate surface area is 125 Å². The second kappa shape index (κ2) is 6.72. The highest BCUT2D eigenvalue weighted by Crippen LogP contribution is 2.21. The Bertz CT molecular complexity index is 507. The number of carbonyl (C=O) groups is 1. The molecule has 2 heterocycles. The molecule has 0 radical (unpaired) electrons. The normalized spacial score (nSPS) is 22.1. The molecular formula is C16H21N3O2. The smallest absolute Gasteiger partial charge is 0.227 e. The van der Waals surface area contributed by atoms with Gasteiger partial charge in [-0.05, 0) is 31.4 Å². The van der Waals surface area contributed by atoms with Crippen molar-refractivity contribution >= 4 is 17.4 Å². The van der Waals surface area contributed by atoms with Crippen molar-refractivity contribution in [1.82, 2.24) is 4.98 Å². The first-order chi connectivity index (χ1) is 10.3. The van der Waals surface area contributed by atoms with Gasteiger partial charge in [-0.3, -0.25) is 4.79 Å². The molecule has 0 spiro atoms. The quantitative estimate of drug-likeness (QED) is 0.866. The first-order valence-corrected chi connectivity index (χ1v) is 7.57. The van der Waals surface area contributed by atoms with Gasteiger partial charge >= 0.3 is 0 Å². The number of amides is 1. The van der Waals surface area contributed by atoms with Crippen LogP contribution in [0.2, 0.25) is 0 Å². The van der Waals surface area contributed by atoms with Gasteiger partial charge in [-0.1, -0.05) is 12.2 Å². The summed E-state index contributed by atoms with van der Waals surface area (Å²) in [4.78, 5) is 18.8. The zero-order valence-corrected chi connectivity index (χ0v) is 12.1. The summed E-state index contributed by atoms with van der Waals surface area (Å²) < 4.78 is 5.33. The van der Waals surface area contributed by atoms with Gasteiger partial charge in [0, 0.05) is 19.0 Å². The molecule has 0 saturated carbocycles. The van der Waals surface area contributed by atoms with E-state index in [0.717, 1.165) is 57.1 Å². The van der Waals surface area contributed by atoms with Crippen LogP contribution in [0.25, 0.3) is 0 Å². The average molecular weight is 287 g/mol. The number of nitrogens with zero attached hydrogens (tertiary/aromatic N) is 2. The minimum atomic E-state index is 0.0916. The highest BCUT2D eigenvalue weighted by molar-refractivity contribution is 5.92. The van der Waals surface area contributed by atoms with Crippen molar-refractivity contribution in [3.05, 3.63) is 30.5 Å². The summed E-state index contributed by atoms with van der Waals surface area (Å²) in [5, 5.41) is 2.96. The number of nitrogens with one attached hydrogen (secondary N) is 1. The maximum Gasteiger partial charge on any atom is 0.227 e. The third-order valence-corrected chi connectivity index (χ3v) is 3.99. The Hall–Kier alpha value is -1.88. The van der Waals surface area contributed by atoms with Crippen LogP contribution in [0.15, 0.2) is 30.5 Å². The summed E-state index contributed by atoms with van der Waals surface area (Å²) in [7, 11) is 0. The minimum absolute atomic E-state index is 0.0916. The largest absolute Gasteiger partial charge is 0.378 e. The molecule has 0 unspecified atom stereocenters. The van der Waals surface area contributed by atoms with Crippen molar-refractivity contribution in [2.24, 2.45) is 5.92 Å². The molecule has 21 heavy (non-hydrogen) atoms. The van der Waals surface area contributed by atoms with Gasteiger partial charge in [0.2, 0.25) is 5.91 Å². The number of aromatic nitrogens is 1. The first kappa shape index (κ1) is 14.1. The van der Waals surface area contributed by atoms with Crippen molar-refractivity contribution in [2.75, 3.05) is 36.5 Å². The van der Waals surface area contributed by atoms with E-state index in [0.29, 0.717) is 0 Å². The minimum Gasteiger partial charge on any atom is -0.378 e. The van der Waals surface area contributed by atoms with E-state index in [-0.39, 0.29) is 11.8 Å². The Morgan fingerprint density at radius 1 is 1.29 bits per heavy atom. The van der Waals surface area contributed by atoms with Crippen molar-refractivity contribution in [1.29, 1.82) is 0 Å². The monoisotopic (exact) mass is 287 g/mol. The van der Waals surface area contributed by atoms with E-state index in [9.17, 15) is 4.79 Å². The summed E-state index contributed by atoms with van der Waals surface area (Å²) >= 11 is 0. The van der Waals surface area contributed by atoms with Crippen LogP contribution in [0.4, 0.5) is 11.5 Å². The lowest BCUT2D eigenvalue weighted by Crippen LogP contribution is -2.36. The standard InChI is InChI=1S/C16H21N3O2/c20-16(13-4-2-1-3-5-13)18-14-6-7-15(17-12-14)19-8-10-21-11-9-19/h1-2,6-7,12-13H,3-5,8-11H2,(H,18,20)/t13-/m0/s1. The molecule has 0 bridgehead atoms. The molecule has 0 aromatic carbocycles. The molecule has 1 atom stereocenters. The third-order valence-electron chi connectivity index (χ3n) is 3.99. The SMILES string of the molecule is O=C(Nc1ccc(N2CCOCC2)nc1)[C@H]1CC=CCC1. The predicted octanol–water partition coefficient (Wildman–Crippen LogP) is 2.21. The molecule has 1 aromatic rings. The summed E-state index contributed by atoms with van der Waals surface area (Å²) in [6.45, 7) is 3.23. The van der Waals surface area contributed by atoms with Crippen LogP contribution >= 0.6 is 0 Å². The molecule has 1 aliphatic carbocycles. The van der Waals surface area contributed by atoms with Crippen molar-refractivity contribution < 1.29 is 9.53 Å². The van der Waals surface area contributed by atoms with Gasteiger partial charge in [0.15, 0.2) is 0 Å². The van der Waals surface area contributed by atoms with Crippen LogP contribution in [-0.2, 0) is 9.53 Å². The lowest BCUT2D eigenvalue weighted by Gasteiger charge is -2.27. The fourth-order valence-corrected chi connectivity index (χ4v) is 2.72. The Kier molecular flexibility index (Phi) is 4.50. The zero-order valence-electron chi connectivity index (χ0n) is 12.1. The van der Waals surface area contributed by atoms with Gasteiger partial charge in [0.05, 0.1) is 25.1 Å². The maximum atomic E-state index is 12.2. The predicted molar refractivity (Wildman–Crippen MR) is 82.4 cm³/mol. The summed E-state index contributed by atoms with van der Waals surface area (Å²) in [6, 6.07) is 3.88. The van der Waals surface area contributed by atoms with Gasteiger partial charge in [-0.25, -0.2) is 4.98 Å². The number of pyridine rings is 1. The van der Waals surface area contributed by atoms with Crippen LogP contribution in [0.5, 0.6) is 0 Å². The molecule has 1 saturated heterocycles. The van der Waals surface area contributed by atoms with Crippen molar-refractivity contribution in [3.63, 3.8) is 0 Å². The van der Waals surface area contributed by atoms with Crippen LogP contribution in [0.3, 0.4) is 0 Å². The van der Waals surface area contributed by atoms with Gasteiger partial charge in [-0.2, -0.15) is 0 Å². The van der Waals surface area contributed by atoms with E-state index in [1.807, 2.05) is 12.1 Å². The molecule has 112 valence electrons. The fraction of sp³-hybridized carbons (Fsp3) is 0.500. The molecular weight excluding hydrogens is 266 g/mol. The molecule has 1 aromatic heterocycles. The molecule has 1 N–H and O–H groups in total. The van der Waals surface area contributed by atoms with E-state index >= 15 is 0 Å². The Morgan fingerprint density at radius 2 is 2.14 bits per heavy atom. The van der Waals surface area contributed by atoms with Crippen LogP contribution in [0, 0.1) is 5.92 Å². The summed E-state index contributed by atoms with van der Waals surface area (Å²) in [6.07, 6.45) is 8.73. The molecule has 1 fully saturated rings. The number of anilines is 2. The number of hydrogen-bond donors (Lipinski definition) is 1. The molecule has 1 aliphatic heterocycles. The molecule has 1 amide bonds. The molecule has 5 heteroatoms. The van der Waals surface area contributed by atoms with Crippen LogP contribution < -0.4 is 10.2 Å². The van der Waals surface area contributed by atoms with Gasteiger partial charge in [-0.15, -0.1) is 0 Å². The van der Waals surface area contributed by atoms with Gasteiger partial charge in [0.1, 0.15) is 5.82 Å². The lowest BCUT2D eigenvalue weighted by atomic mass is 9.93. The molecule has 5 nitrogen and oxygen atoms in total. The Balaban J connectivity index is 1.58. The summed E-state index contributed by atoms with van der Waals surface area (Å²) in [5.41, 5.74) is 0.770. The van der Waals surface area contributed by atoms with E-state index < -0.39 is 0 Å². The molecule has 2 aliphatic rings. The highest BCUT2D eigenvalue weighted by atomic mass is 16.5. The second-order valence-corrected chi connectivity index (χ2v) is 5.48. The number of ether oxygens (including phenoxy) is 1. The lowest BCUT2D eigenvalue weighted by molar-refractivity contribution is -0.120. The average Bonchev–Trinajstić information content (AvgIpc) is 2.57. The third kappa shape index (κ3) is 3.61. The van der Waals surface area contributed by atoms with Gasteiger partial charge in [0.25, 0.3) is 0 Å². The fourth-order valence-electron chi connectivity index (χ4n) is 2.72. The first-order valence-electron chi connectivity index (χ1n) is 7.57. The van der Waals surface area contributed by atoms with Crippen LogP contribution in [0.1, 0.15) is 19.3 Å². The van der Waals surface area contributed by atoms with E-state index in [1.165, 1.54) is 0 Å². The summed E-state index contributed by atoms with van der Waals surface area (Å²) in [5.74, 6) is 1.13. The molecule has 3 rings (SSSR count). The van der Waals surface area contributed by atoms with E-state index in [4.69, 9.17) is 4.74 Å². The number of morpholine rings is 1. The van der Waals surface area contributed by atoms with Gasteiger partial charge < -0.3 is 15.0 Å².